The quantitative estimate of drug-likeness (QED) is 0.564. The van der Waals surface area contributed by atoms with Gasteiger partial charge in [-0.2, -0.15) is 8.42 Å². The van der Waals surface area contributed by atoms with Crippen molar-refractivity contribution in [3.05, 3.63) is 36.4 Å². The molecule has 0 heterocycles. The summed E-state index contributed by atoms with van der Waals surface area (Å²) >= 11 is 0. The molecule has 0 saturated carbocycles. The fourth-order valence-electron chi connectivity index (χ4n) is 0.776. The first-order chi connectivity index (χ1) is 5.54. The molecule has 13 heavy (non-hydrogen) atoms. The van der Waals surface area contributed by atoms with Gasteiger partial charge in [-0.25, -0.2) is 0 Å². The van der Waals surface area contributed by atoms with Gasteiger partial charge in [-0.3, -0.25) is 4.55 Å². The van der Waals surface area contributed by atoms with Gasteiger partial charge >= 0.3 is 0 Å². The molecular formula is C8H8LiO3S. The van der Waals surface area contributed by atoms with E-state index in [0.717, 1.165) is 5.56 Å². The van der Waals surface area contributed by atoms with Gasteiger partial charge in [0.05, 0.1) is 4.90 Å². The number of hydrogen-bond acceptors (Lipinski definition) is 2. The van der Waals surface area contributed by atoms with Gasteiger partial charge < -0.3 is 0 Å². The Morgan fingerprint density at radius 2 is 1.69 bits per heavy atom. The van der Waals surface area contributed by atoms with E-state index in [9.17, 15) is 8.42 Å². The molecule has 0 aliphatic heterocycles. The van der Waals surface area contributed by atoms with Gasteiger partial charge in [0.2, 0.25) is 0 Å². The SMILES string of the molecule is C=Cc1ccc(S(=O)(=O)O)cc1.[Li]. The second-order valence-corrected chi connectivity index (χ2v) is 3.67. The van der Waals surface area contributed by atoms with Crippen molar-refractivity contribution >= 4 is 35.1 Å². The normalized spacial score (nSPS) is 10.2. The van der Waals surface area contributed by atoms with E-state index < -0.39 is 10.1 Å². The molecule has 1 radical (unpaired) electrons. The fraction of sp³-hybridized carbons (Fsp3) is 0. The summed E-state index contributed by atoms with van der Waals surface area (Å²) < 4.78 is 29.7. The molecule has 0 aliphatic carbocycles. The Bertz CT molecular complexity index is 380. The van der Waals surface area contributed by atoms with Crippen LogP contribution in [0.2, 0.25) is 0 Å². The fourth-order valence-corrected chi connectivity index (χ4v) is 1.26. The van der Waals surface area contributed by atoms with Crippen LogP contribution in [0.15, 0.2) is 35.7 Å². The summed E-state index contributed by atoms with van der Waals surface area (Å²) in [6.07, 6.45) is 1.59. The predicted octanol–water partition coefficient (Wildman–Crippen LogP) is 1.20. The Kier molecular flexibility index (Phi) is 4.44. The second-order valence-electron chi connectivity index (χ2n) is 2.25. The molecule has 1 rings (SSSR count). The summed E-state index contributed by atoms with van der Waals surface area (Å²) in [5, 5.41) is 0. The first-order valence-electron chi connectivity index (χ1n) is 3.24. The molecule has 5 heteroatoms. The van der Waals surface area contributed by atoms with Crippen molar-refractivity contribution in [2.24, 2.45) is 0 Å². The number of benzene rings is 1. The van der Waals surface area contributed by atoms with E-state index in [1.165, 1.54) is 12.1 Å². The van der Waals surface area contributed by atoms with Crippen LogP contribution in [-0.2, 0) is 10.1 Å². The first-order valence-corrected chi connectivity index (χ1v) is 4.68. The zero-order valence-corrected chi connectivity index (χ0v) is 8.08. The summed E-state index contributed by atoms with van der Waals surface area (Å²) in [6.45, 7) is 3.51. The van der Waals surface area contributed by atoms with Crippen LogP contribution in [0.4, 0.5) is 0 Å². The Morgan fingerprint density at radius 1 is 1.23 bits per heavy atom. The van der Waals surface area contributed by atoms with Crippen molar-refractivity contribution in [3.8, 4) is 0 Å². The standard InChI is InChI=1S/C8H8O3S.Li/c1-2-7-3-5-8(6-4-7)12(9,10)11;/h2-6H,1H2,(H,9,10,11);. The molecule has 1 N–H and O–H groups in total. The van der Waals surface area contributed by atoms with Crippen LogP contribution in [-0.4, -0.2) is 31.8 Å². The van der Waals surface area contributed by atoms with E-state index in [1.807, 2.05) is 0 Å². The zero-order chi connectivity index (χ0) is 9.19. The van der Waals surface area contributed by atoms with E-state index >= 15 is 0 Å². The van der Waals surface area contributed by atoms with E-state index in [4.69, 9.17) is 4.55 Å². The maximum Gasteiger partial charge on any atom is 0.294 e. The molecule has 0 unspecified atom stereocenters. The molecule has 0 spiro atoms. The Morgan fingerprint density at radius 3 is 2.00 bits per heavy atom. The molecule has 0 bridgehead atoms. The average Bonchev–Trinajstić information content (AvgIpc) is 2.03. The van der Waals surface area contributed by atoms with Gasteiger partial charge in [-0.1, -0.05) is 24.8 Å². The molecule has 65 valence electrons. The zero-order valence-electron chi connectivity index (χ0n) is 7.27. The third-order valence-electron chi connectivity index (χ3n) is 1.41. The van der Waals surface area contributed by atoms with Crippen molar-refractivity contribution in [3.63, 3.8) is 0 Å². The van der Waals surface area contributed by atoms with Gasteiger partial charge in [-0.05, 0) is 17.7 Å². The van der Waals surface area contributed by atoms with Gasteiger partial charge in [0.1, 0.15) is 0 Å². The number of hydrogen-bond donors (Lipinski definition) is 1. The minimum atomic E-state index is -4.06. The minimum absolute atomic E-state index is 0. The summed E-state index contributed by atoms with van der Waals surface area (Å²) in [5.41, 5.74) is 0.808. The molecule has 0 saturated heterocycles. The van der Waals surface area contributed by atoms with Crippen LogP contribution in [0.25, 0.3) is 6.08 Å². The predicted molar refractivity (Wildman–Crippen MR) is 52.1 cm³/mol. The van der Waals surface area contributed by atoms with Crippen LogP contribution < -0.4 is 0 Å². The summed E-state index contributed by atoms with van der Waals surface area (Å²) in [6, 6.07) is 5.78. The van der Waals surface area contributed by atoms with E-state index in [1.54, 1.807) is 18.2 Å². The minimum Gasteiger partial charge on any atom is -0.282 e. The first kappa shape index (κ1) is 12.5. The molecule has 0 amide bonds. The van der Waals surface area contributed by atoms with Crippen LogP contribution >= 0.6 is 0 Å². The van der Waals surface area contributed by atoms with Crippen molar-refractivity contribution in [1.29, 1.82) is 0 Å². The summed E-state index contributed by atoms with van der Waals surface area (Å²) in [5.74, 6) is 0. The summed E-state index contributed by atoms with van der Waals surface area (Å²) in [4.78, 5) is -0.104. The molecule has 1 aromatic rings. The smallest absolute Gasteiger partial charge is 0.282 e. The molecule has 0 aliphatic rings. The Hall–Kier alpha value is -0.533. The van der Waals surface area contributed by atoms with Gasteiger partial charge in [0, 0.05) is 18.9 Å². The van der Waals surface area contributed by atoms with Crippen LogP contribution in [0, 0.1) is 0 Å². The van der Waals surface area contributed by atoms with E-state index in [2.05, 4.69) is 6.58 Å². The van der Waals surface area contributed by atoms with Crippen molar-refractivity contribution in [2.75, 3.05) is 0 Å². The van der Waals surface area contributed by atoms with Crippen LogP contribution in [0.3, 0.4) is 0 Å². The Labute approximate surface area is 89.4 Å². The maximum atomic E-state index is 10.6. The molecular weight excluding hydrogens is 183 g/mol. The Balaban J connectivity index is 0.00000144. The largest absolute Gasteiger partial charge is 0.294 e. The van der Waals surface area contributed by atoms with Gasteiger partial charge in [-0.15, -0.1) is 0 Å². The van der Waals surface area contributed by atoms with Crippen molar-refractivity contribution in [1.82, 2.24) is 0 Å². The third-order valence-corrected chi connectivity index (χ3v) is 2.28. The second kappa shape index (κ2) is 4.63. The van der Waals surface area contributed by atoms with Gasteiger partial charge in [0.15, 0.2) is 0 Å². The molecule has 1 aromatic carbocycles. The van der Waals surface area contributed by atoms with Crippen molar-refractivity contribution < 1.29 is 13.0 Å². The topological polar surface area (TPSA) is 54.4 Å². The summed E-state index contributed by atoms with van der Waals surface area (Å²) in [7, 11) is -4.06. The number of rotatable bonds is 2. The molecule has 0 atom stereocenters. The van der Waals surface area contributed by atoms with Crippen LogP contribution in [0.5, 0.6) is 0 Å². The van der Waals surface area contributed by atoms with E-state index in [0.29, 0.717) is 0 Å². The van der Waals surface area contributed by atoms with Gasteiger partial charge in [0.25, 0.3) is 10.1 Å². The van der Waals surface area contributed by atoms with Crippen molar-refractivity contribution in [2.45, 2.75) is 4.90 Å². The van der Waals surface area contributed by atoms with E-state index in [-0.39, 0.29) is 23.8 Å². The van der Waals surface area contributed by atoms with Crippen LogP contribution in [0.1, 0.15) is 5.56 Å². The molecule has 3 nitrogen and oxygen atoms in total. The third kappa shape index (κ3) is 3.37. The monoisotopic (exact) mass is 191 g/mol. The average molecular weight is 191 g/mol. The maximum absolute atomic E-state index is 10.6. The molecule has 0 fully saturated rings. The molecule has 0 aromatic heterocycles.